The van der Waals surface area contributed by atoms with E-state index in [1.807, 2.05) is 25.1 Å². The van der Waals surface area contributed by atoms with Crippen molar-refractivity contribution >= 4 is 20.9 Å². The molecule has 0 spiro atoms. The van der Waals surface area contributed by atoms with Crippen LogP contribution in [0, 0.1) is 6.92 Å². The molecule has 3 N–H and O–H groups in total. The first-order chi connectivity index (χ1) is 15.8. The quantitative estimate of drug-likeness (QED) is 0.461. The maximum Gasteiger partial charge on any atom is 0.268 e. The molecule has 1 aliphatic rings. The molecule has 1 aromatic heterocycles. The van der Waals surface area contributed by atoms with Gasteiger partial charge in [-0.25, -0.2) is 12.4 Å². The van der Waals surface area contributed by atoms with Gasteiger partial charge in [-0.05, 0) is 78.9 Å². The van der Waals surface area contributed by atoms with Gasteiger partial charge in [0.05, 0.1) is 29.8 Å². The Kier molecular flexibility index (Phi) is 5.28. The molecular formula is C26H26N2O4S. The lowest BCUT2D eigenvalue weighted by Gasteiger charge is -2.14. The minimum Gasteiger partial charge on any atom is -0.497 e. The van der Waals surface area contributed by atoms with Crippen molar-refractivity contribution in [3.8, 4) is 17.0 Å². The summed E-state index contributed by atoms with van der Waals surface area (Å²) in [6, 6.07) is 17.9. The molecule has 4 aromatic rings. The van der Waals surface area contributed by atoms with E-state index in [2.05, 4.69) is 0 Å². The molecule has 6 nitrogen and oxygen atoms in total. The molecule has 0 bridgehead atoms. The van der Waals surface area contributed by atoms with Gasteiger partial charge in [0.25, 0.3) is 10.0 Å². The molecule has 0 radical (unpaired) electrons. The van der Waals surface area contributed by atoms with Gasteiger partial charge >= 0.3 is 0 Å². The zero-order chi connectivity index (χ0) is 23.3. The molecule has 0 saturated heterocycles. The van der Waals surface area contributed by atoms with Crippen LogP contribution in [0.15, 0.2) is 65.6 Å². The Bertz CT molecular complexity index is 1450. The number of aryl methyl sites for hydroxylation is 2. The third kappa shape index (κ3) is 3.53. The van der Waals surface area contributed by atoms with Crippen LogP contribution in [0.25, 0.3) is 22.2 Å². The van der Waals surface area contributed by atoms with Gasteiger partial charge in [0, 0.05) is 17.0 Å². The van der Waals surface area contributed by atoms with Crippen molar-refractivity contribution in [2.75, 3.05) is 7.11 Å². The number of aliphatic hydroxyl groups is 1. The van der Waals surface area contributed by atoms with Crippen molar-refractivity contribution in [1.82, 2.24) is 3.97 Å². The van der Waals surface area contributed by atoms with Crippen molar-refractivity contribution in [1.29, 1.82) is 0 Å². The van der Waals surface area contributed by atoms with E-state index in [1.54, 1.807) is 49.6 Å². The number of nitrogens with zero attached hydrogens (tertiary/aromatic N) is 1. The highest BCUT2D eigenvalue weighted by Gasteiger charge is 2.28. The van der Waals surface area contributed by atoms with Gasteiger partial charge in [0.2, 0.25) is 0 Å². The van der Waals surface area contributed by atoms with Crippen molar-refractivity contribution in [2.24, 2.45) is 5.73 Å². The molecule has 0 saturated carbocycles. The monoisotopic (exact) mass is 462 g/mol. The van der Waals surface area contributed by atoms with Gasteiger partial charge in [-0.3, -0.25) is 0 Å². The Morgan fingerprint density at radius 3 is 2.55 bits per heavy atom. The van der Waals surface area contributed by atoms with Crippen LogP contribution in [0.2, 0.25) is 0 Å². The summed E-state index contributed by atoms with van der Waals surface area (Å²) < 4.78 is 34.7. The van der Waals surface area contributed by atoms with Gasteiger partial charge < -0.3 is 15.6 Å². The fourth-order valence-corrected chi connectivity index (χ4v) is 6.23. The molecule has 1 atom stereocenters. The summed E-state index contributed by atoms with van der Waals surface area (Å²) in [7, 11) is -2.36. The maximum absolute atomic E-state index is 13.9. The molecule has 7 heteroatoms. The van der Waals surface area contributed by atoms with Crippen LogP contribution in [0.5, 0.6) is 5.75 Å². The highest BCUT2D eigenvalue weighted by atomic mass is 32.2. The summed E-state index contributed by atoms with van der Waals surface area (Å²) in [5, 5.41) is 10.7. The summed E-state index contributed by atoms with van der Waals surface area (Å²) in [5.41, 5.74) is 11.9. The first-order valence-corrected chi connectivity index (χ1v) is 12.3. The Hall–Kier alpha value is -3.13. The fraction of sp³-hybridized carbons (Fsp3) is 0.231. The molecule has 1 aliphatic carbocycles. The molecule has 0 fully saturated rings. The van der Waals surface area contributed by atoms with Crippen molar-refractivity contribution in [2.45, 2.75) is 37.3 Å². The molecule has 0 amide bonds. The second-order valence-electron chi connectivity index (χ2n) is 8.55. The lowest BCUT2D eigenvalue weighted by Crippen LogP contribution is -2.14. The molecule has 33 heavy (non-hydrogen) atoms. The van der Waals surface area contributed by atoms with Gasteiger partial charge in [0.1, 0.15) is 5.75 Å². The molecule has 170 valence electrons. The van der Waals surface area contributed by atoms with E-state index in [1.165, 1.54) is 3.97 Å². The largest absolute Gasteiger partial charge is 0.497 e. The van der Waals surface area contributed by atoms with Gasteiger partial charge in [-0.1, -0.05) is 23.8 Å². The average Bonchev–Trinajstić information content (AvgIpc) is 3.40. The van der Waals surface area contributed by atoms with Gasteiger partial charge in [0.15, 0.2) is 0 Å². The van der Waals surface area contributed by atoms with Gasteiger partial charge in [-0.15, -0.1) is 0 Å². The predicted molar refractivity (Wildman–Crippen MR) is 129 cm³/mol. The maximum atomic E-state index is 13.9. The highest BCUT2D eigenvalue weighted by Crippen LogP contribution is 2.40. The van der Waals surface area contributed by atoms with Crippen LogP contribution in [0.4, 0.5) is 0 Å². The van der Waals surface area contributed by atoms with E-state index in [-0.39, 0.29) is 17.5 Å². The summed E-state index contributed by atoms with van der Waals surface area (Å²) in [6.07, 6.45) is 1.65. The molecular weight excluding hydrogens is 436 g/mol. The van der Waals surface area contributed by atoms with Gasteiger partial charge in [-0.2, -0.15) is 0 Å². The normalized spacial score (nSPS) is 15.7. The summed E-state index contributed by atoms with van der Waals surface area (Å²) in [4.78, 5) is 0.217. The first kappa shape index (κ1) is 21.7. The highest BCUT2D eigenvalue weighted by molar-refractivity contribution is 7.90. The second-order valence-corrected chi connectivity index (χ2v) is 10.3. The van der Waals surface area contributed by atoms with E-state index in [0.29, 0.717) is 28.1 Å². The summed E-state index contributed by atoms with van der Waals surface area (Å²) >= 11 is 0. The SMILES string of the molecule is COc1cc(CO)cc(-c2cc3c4c(ccc3n2S(=O)(=O)c2ccc(C)cc2)[C@H](N)CC4)c1. The number of aromatic nitrogens is 1. The predicted octanol–water partition coefficient (Wildman–Crippen LogP) is 4.30. The lowest BCUT2D eigenvalue weighted by atomic mass is 10.0. The average molecular weight is 463 g/mol. The number of aliphatic hydroxyl groups excluding tert-OH is 1. The van der Waals surface area contributed by atoms with Crippen molar-refractivity contribution in [3.05, 3.63) is 82.9 Å². The van der Waals surface area contributed by atoms with Crippen LogP contribution in [0.1, 0.15) is 34.7 Å². The molecule has 5 rings (SSSR count). The summed E-state index contributed by atoms with van der Waals surface area (Å²) in [6.45, 7) is 1.74. The number of ether oxygens (including phenoxy) is 1. The third-order valence-corrected chi connectivity index (χ3v) is 8.18. The Labute approximate surface area is 193 Å². The Morgan fingerprint density at radius 1 is 1.09 bits per heavy atom. The Balaban J connectivity index is 1.85. The summed E-state index contributed by atoms with van der Waals surface area (Å²) in [5.74, 6) is 0.549. The van der Waals surface area contributed by atoms with Crippen molar-refractivity contribution in [3.63, 3.8) is 0 Å². The number of methoxy groups -OCH3 is 1. The molecule has 1 heterocycles. The standard InChI is InChI=1S/C26H26N2O4S/c1-16-3-5-20(6-4-16)33(30,31)28-25-10-8-22-21(7-9-24(22)27)23(25)14-26(28)18-11-17(15-29)12-19(13-18)32-2/h3-6,8,10-14,24,29H,7,9,15,27H2,1-2H3/t24-/m1/s1. The second kappa shape index (κ2) is 8.02. The zero-order valence-electron chi connectivity index (χ0n) is 18.6. The van der Waals surface area contributed by atoms with Crippen LogP contribution in [-0.2, 0) is 23.1 Å². The number of benzene rings is 3. The third-order valence-electron chi connectivity index (χ3n) is 6.43. The van der Waals surface area contributed by atoms with Crippen LogP contribution >= 0.6 is 0 Å². The minimum atomic E-state index is -3.91. The lowest BCUT2D eigenvalue weighted by molar-refractivity contribution is 0.281. The minimum absolute atomic E-state index is 0.0392. The van der Waals surface area contributed by atoms with Crippen LogP contribution in [-0.4, -0.2) is 24.6 Å². The number of rotatable bonds is 5. The van der Waals surface area contributed by atoms with Crippen LogP contribution in [0.3, 0.4) is 0 Å². The number of hydrogen-bond donors (Lipinski definition) is 2. The molecule has 0 aliphatic heterocycles. The topological polar surface area (TPSA) is 94.5 Å². The fourth-order valence-electron chi connectivity index (χ4n) is 4.71. The van der Waals surface area contributed by atoms with Crippen molar-refractivity contribution < 1.29 is 18.3 Å². The first-order valence-electron chi connectivity index (χ1n) is 10.9. The molecule has 3 aromatic carbocycles. The number of hydrogen-bond acceptors (Lipinski definition) is 5. The van der Waals surface area contributed by atoms with E-state index in [4.69, 9.17) is 10.5 Å². The van der Waals surface area contributed by atoms with E-state index in [0.717, 1.165) is 34.9 Å². The van der Waals surface area contributed by atoms with E-state index < -0.39 is 10.0 Å². The van der Waals surface area contributed by atoms with E-state index >= 15 is 0 Å². The number of fused-ring (bicyclic) bond motifs is 3. The van der Waals surface area contributed by atoms with Crippen LogP contribution < -0.4 is 10.5 Å². The smallest absolute Gasteiger partial charge is 0.268 e. The number of nitrogens with two attached hydrogens (primary N) is 1. The Morgan fingerprint density at radius 2 is 1.85 bits per heavy atom. The van der Waals surface area contributed by atoms with E-state index in [9.17, 15) is 13.5 Å². The molecule has 0 unspecified atom stereocenters. The zero-order valence-corrected chi connectivity index (χ0v) is 19.4.